The number of allylic oxidation sites excluding steroid dienone is 4. The second-order valence-corrected chi connectivity index (χ2v) is 3.36. The van der Waals surface area contributed by atoms with Crippen LogP contribution in [0.3, 0.4) is 0 Å². The molecule has 0 amide bonds. The van der Waals surface area contributed by atoms with Crippen LogP contribution >= 0.6 is 11.6 Å². The van der Waals surface area contributed by atoms with Gasteiger partial charge in [-0.15, -0.1) is 11.6 Å². The lowest BCUT2D eigenvalue weighted by molar-refractivity contribution is 0.168. The Morgan fingerprint density at radius 2 is 2.20 bits per heavy atom. The van der Waals surface area contributed by atoms with Crippen LogP contribution < -0.4 is 0 Å². The van der Waals surface area contributed by atoms with Crippen LogP contribution in [0, 0.1) is 0 Å². The maximum absolute atomic E-state index is 5.76. The van der Waals surface area contributed by atoms with Gasteiger partial charge in [0.05, 0.1) is 6.61 Å². The van der Waals surface area contributed by atoms with Crippen molar-refractivity contribution in [3.8, 4) is 0 Å². The maximum atomic E-state index is 5.76. The van der Waals surface area contributed by atoms with Crippen molar-refractivity contribution in [2.45, 2.75) is 6.92 Å². The summed E-state index contributed by atoms with van der Waals surface area (Å²) in [6.45, 7) is 8.04. The second-order valence-electron chi connectivity index (χ2n) is 2.98. The minimum atomic E-state index is 0.614. The Balaban J connectivity index is 4.40. The van der Waals surface area contributed by atoms with Gasteiger partial charge < -0.3 is 9.64 Å². The van der Waals surface area contributed by atoms with Crippen molar-refractivity contribution in [2.75, 3.05) is 32.7 Å². The quantitative estimate of drug-likeness (QED) is 0.469. The topological polar surface area (TPSA) is 12.5 Å². The molecule has 0 heterocycles. The van der Waals surface area contributed by atoms with E-state index in [-0.39, 0.29) is 0 Å². The first-order chi connectivity index (χ1) is 7.29. The predicted molar refractivity (Wildman–Crippen MR) is 67.3 cm³/mol. The van der Waals surface area contributed by atoms with E-state index in [9.17, 15) is 0 Å². The average Bonchev–Trinajstić information content (AvgIpc) is 2.26. The smallest absolute Gasteiger partial charge is 0.0637 e. The Labute approximate surface area is 97.9 Å². The third-order valence-corrected chi connectivity index (χ3v) is 2.15. The number of rotatable bonds is 8. The minimum Gasteiger partial charge on any atom is -0.383 e. The third kappa shape index (κ3) is 6.37. The molecule has 0 radical (unpaired) electrons. The molecule has 0 aliphatic heterocycles. The number of methoxy groups -OCH3 is 1. The van der Waals surface area contributed by atoms with E-state index in [0.717, 1.165) is 18.8 Å². The number of hydrogen-bond acceptors (Lipinski definition) is 2. The molecule has 15 heavy (non-hydrogen) atoms. The summed E-state index contributed by atoms with van der Waals surface area (Å²) < 4.78 is 5.06. The van der Waals surface area contributed by atoms with Crippen LogP contribution in [-0.2, 0) is 4.74 Å². The van der Waals surface area contributed by atoms with Crippen LogP contribution in [0.2, 0.25) is 0 Å². The van der Waals surface area contributed by atoms with Gasteiger partial charge in [-0.3, -0.25) is 0 Å². The van der Waals surface area contributed by atoms with Gasteiger partial charge in [0.2, 0.25) is 0 Å². The molecule has 86 valence electrons. The van der Waals surface area contributed by atoms with Crippen LogP contribution in [0.4, 0.5) is 0 Å². The molecular weight excluding hydrogens is 210 g/mol. The zero-order valence-corrected chi connectivity index (χ0v) is 10.3. The Kier molecular flexibility index (Phi) is 9.33. The molecule has 0 N–H and O–H groups in total. The first-order valence-corrected chi connectivity index (χ1v) is 5.58. The molecule has 0 fully saturated rings. The largest absolute Gasteiger partial charge is 0.383 e. The lowest BCUT2D eigenvalue weighted by atomic mass is 10.3. The lowest BCUT2D eigenvalue weighted by Gasteiger charge is -2.24. The molecule has 0 aliphatic rings. The van der Waals surface area contributed by atoms with Crippen molar-refractivity contribution in [3.05, 3.63) is 36.6 Å². The third-order valence-electron chi connectivity index (χ3n) is 1.98. The van der Waals surface area contributed by atoms with E-state index < -0.39 is 0 Å². The van der Waals surface area contributed by atoms with Crippen LogP contribution in [-0.4, -0.2) is 37.6 Å². The standard InChI is InChI=1S/C12H20ClNO/c1-4-6-7-12(5-2)14(9-8-13)10-11-15-3/h4-7H,1,8-11H2,2-3H3/b7-6-,12-5+. The summed E-state index contributed by atoms with van der Waals surface area (Å²) in [4.78, 5) is 2.19. The highest BCUT2D eigenvalue weighted by molar-refractivity contribution is 6.18. The molecule has 0 rings (SSSR count). The van der Waals surface area contributed by atoms with Crippen LogP contribution in [0.25, 0.3) is 0 Å². The summed E-state index contributed by atoms with van der Waals surface area (Å²) in [5.74, 6) is 0.614. The summed E-state index contributed by atoms with van der Waals surface area (Å²) in [5.41, 5.74) is 1.15. The monoisotopic (exact) mass is 229 g/mol. The molecule has 0 aromatic heterocycles. The number of hydrogen-bond donors (Lipinski definition) is 0. The summed E-state index contributed by atoms with van der Waals surface area (Å²) in [6, 6.07) is 0. The van der Waals surface area contributed by atoms with Crippen LogP contribution in [0.15, 0.2) is 36.6 Å². The molecule has 0 atom stereocenters. The van der Waals surface area contributed by atoms with Gasteiger partial charge in [0.1, 0.15) is 0 Å². The highest BCUT2D eigenvalue weighted by Crippen LogP contribution is 2.06. The normalized spacial score (nSPS) is 12.1. The Morgan fingerprint density at radius 3 is 2.67 bits per heavy atom. The van der Waals surface area contributed by atoms with Gasteiger partial charge in [-0.25, -0.2) is 0 Å². The lowest BCUT2D eigenvalue weighted by Crippen LogP contribution is -2.28. The summed E-state index contributed by atoms with van der Waals surface area (Å²) in [5, 5.41) is 0. The van der Waals surface area contributed by atoms with Gasteiger partial charge in [0.15, 0.2) is 0 Å². The van der Waals surface area contributed by atoms with E-state index in [1.807, 2.05) is 19.1 Å². The van der Waals surface area contributed by atoms with Crippen molar-refractivity contribution in [1.82, 2.24) is 4.90 Å². The summed E-state index contributed by atoms with van der Waals surface area (Å²) in [6.07, 6.45) is 7.76. The zero-order valence-electron chi connectivity index (χ0n) is 9.58. The van der Waals surface area contributed by atoms with Crippen LogP contribution in [0.5, 0.6) is 0 Å². The van der Waals surface area contributed by atoms with Gasteiger partial charge in [0.25, 0.3) is 0 Å². The average molecular weight is 230 g/mol. The fourth-order valence-corrected chi connectivity index (χ4v) is 1.43. The van der Waals surface area contributed by atoms with Gasteiger partial charge in [-0.05, 0) is 13.0 Å². The van der Waals surface area contributed by atoms with E-state index in [1.165, 1.54) is 0 Å². The molecule has 2 nitrogen and oxygen atoms in total. The van der Waals surface area contributed by atoms with Gasteiger partial charge in [-0.2, -0.15) is 0 Å². The fraction of sp³-hybridized carbons (Fsp3) is 0.500. The zero-order chi connectivity index (χ0) is 11.5. The van der Waals surface area contributed by atoms with E-state index in [2.05, 4.69) is 17.6 Å². The SMILES string of the molecule is C=C/C=C\C(=C/C)N(CCCl)CCOC. The maximum Gasteiger partial charge on any atom is 0.0637 e. The molecule has 0 bridgehead atoms. The van der Waals surface area contributed by atoms with Gasteiger partial charge in [0, 0.05) is 31.8 Å². The molecule has 0 aromatic carbocycles. The van der Waals surface area contributed by atoms with Gasteiger partial charge in [-0.1, -0.05) is 24.8 Å². The Morgan fingerprint density at radius 1 is 1.47 bits per heavy atom. The number of halogens is 1. The second kappa shape index (κ2) is 9.81. The molecule has 0 aromatic rings. The first-order valence-electron chi connectivity index (χ1n) is 5.05. The van der Waals surface area contributed by atoms with Crippen LogP contribution in [0.1, 0.15) is 6.92 Å². The van der Waals surface area contributed by atoms with E-state index in [0.29, 0.717) is 12.5 Å². The number of alkyl halides is 1. The fourth-order valence-electron chi connectivity index (χ4n) is 1.22. The molecule has 0 aliphatic carbocycles. The van der Waals surface area contributed by atoms with Crippen molar-refractivity contribution in [1.29, 1.82) is 0 Å². The predicted octanol–water partition coefficient (Wildman–Crippen LogP) is 2.82. The summed E-state index contributed by atoms with van der Waals surface area (Å²) >= 11 is 5.76. The van der Waals surface area contributed by atoms with Crippen molar-refractivity contribution < 1.29 is 4.74 Å². The first kappa shape index (κ1) is 14.3. The van der Waals surface area contributed by atoms with E-state index in [4.69, 9.17) is 16.3 Å². The molecule has 3 heteroatoms. The van der Waals surface area contributed by atoms with E-state index >= 15 is 0 Å². The molecule has 0 spiro atoms. The Bertz CT molecular complexity index is 224. The molecule has 0 unspecified atom stereocenters. The highest BCUT2D eigenvalue weighted by Gasteiger charge is 2.04. The van der Waals surface area contributed by atoms with Gasteiger partial charge >= 0.3 is 0 Å². The Hall–Kier alpha value is -0.730. The van der Waals surface area contributed by atoms with E-state index in [1.54, 1.807) is 13.2 Å². The minimum absolute atomic E-state index is 0.614. The van der Waals surface area contributed by atoms with Crippen molar-refractivity contribution in [2.24, 2.45) is 0 Å². The number of nitrogens with zero attached hydrogens (tertiary/aromatic N) is 1. The molecule has 0 saturated heterocycles. The molecular formula is C12H20ClNO. The summed E-state index contributed by atoms with van der Waals surface area (Å²) in [7, 11) is 1.70. The molecule has 0 saturated carbocycles. The highest BCUT2D eigenvalue weighted by atomic mass is 35.5. The number of ether oxygens (including phenoxy) is 1. The van der Waals surface area contributed by atoms with Crippen molar-refractivity contribution in [3.63, 3.8) is 0 Å². The van der Waals surface area contributed by atoms with Crippen molar-refractivity contribution >= 4 is 11.6 Å².